The second-order valence-corrected chi connectivity index (χ2v) is 7.42. The number of aryl methyl sites for hydroxylation is 1. The summed E-state index contributed by atoms with van der Waals surface area (Å²) in [4.78, 5) is 28.6. The maximum absolute atomic E-state index is 12.4. The Morgan fingerprint density at radius 1 is 1.19 bits per heavy atom. The highest BCUT2D eigenvalue weighted by Crippen LogP contribution is 2.20. The van der Waals surface area contributed by atoms with Gasteiger partial charge >= 0.3 is 0 Å². The average Bonchev–Trinajstić information content (AvgIpc) is 3.02. The highest BCUT2D eigenvalue weighted by molar-refractivity contribution is 5.81. The molecule has 6 nitrogen and oxygen atoms in total. The Balaban J connectivity index is 1.93. The summed E-state index contributed by atoms with van der Waals surface area (Å²) in [6, 6.07) is 9.48. The lowest BCUT2D eigenvalue weighted by Gasteiger charge is -2.20. The largest absolute Gasteiger partial charge is 0.356 e. The number of rotatable bonds is 7. The molecule has 0 aliphatic carbocycles. The molecule has 0 fully saturated rings. The minimum absolute atomic E-state index is 0.00641. The number of carbonyl (C=O) groups excluding carboxylic acids is 2. The van der Waals surface area contributed by atoms with E-state index in [1.165, 1.54) is 0 Å². The molecule has 1 aromatic carbocycles. The van der Waals surface area contributed by atoms with Crippen molar-refractivity contribution in [2.75, 3.05) is 6.54 Å². The molecule has 6 heteroatoms. The fourth-order valence-electron chi connectivity index (χ4n) is 2.55. The normalized spacial score (nSPS) is 12.5. The van der Waals surface area contributed by atoms with E-state index in [-0.39, 0.29) is 17.9 Å². The summed E-state index contributed by atoms with van der Waals surface area (Å²) < 4.78 is 1.90. The van der Waals surface area contributed by atoms with Crippen molar-refractivity contribution in [3.05, 3.63) is 54.1 Å². The van der Waals surface area contributed by atoms with E-state index in [1.807, 2.05) is 68.9 Å². The molecule has 140 valence electrons. The molecule has 2 aromatic rings. The summed E-state index contributed by atoms with van der Waals surface area (Å²) in [5.41, 5.74) is 0.565. The van der Waals surface area contributed by atoms with Crippen LogP contribution in [-0.4, -0.2) is 27.9 Å². The molecule has 0 bridgehead atoms. The Bertz CT molecular complexity index is 732. The molecular weight excluding hydrogens is 328 g/mol. The highest BCUT2D eigenvalue weighted by Gasteiger charge is 2.22. The van der Waals surface area contributed by atoms with E-state index < -0.39 is 5.41 Å². The van der Waals surface area contributed by atoms with Gasteiger partial charge < -0.3 is 15.2 Å². The maximum Gasteiger partial charge on any atom is 0.225 e. The third kappa shape index (κ3) is 5.44. The van der Waals surface area contributed by atoms with Crippen molar-refractivity contribution >= 4 is 11.8 Å². The lowest BCUT2D eigenvalue weighted by molar-refractivity contribution is -0.128. The van der Waals surface area contributed by atoms with Crippen LogP contribution in [0.3, 0.4) is 0 Å². The smallest absolute Gasteiger partial charge is 0.225 e. The number of benzene rings is 1. The zero-order valence-electron chi connectivity index (χ0n) is 16.0. The Kier molecular flexibility index (Phi) is 6.55. The van der Waals surface area contributed by atoms with Crippen molar-refractivity contribution in [3.8, 4) is 0 Å². The average molecular weight is 356 g/mol. The highest BCUT2D eigenvalue weighted by atomic mass is 16.2. The SMILES string of the molecule is Cn1ccnc1[C@H](NC(=O)CCCNC(=O)C(C)(C)C)c1ccccc1. The summed E-state index contributed by atoms with van der Waals surface area (Å²) in [7, 11) is 1.91. The van der Waals surface area contributed by atoms with Crippen molar-refractivity contribution in [1.82, 2.24) is 20.2 Å². The van der Waals surface area contributed by atoms with Crippen LogP contribution in [0, 0.1) is 5.41 Å². The van der Waals surface area contributed by atoms with Crippen molar-refractivity contribution in [3.63, 3.8) is 0 Å². The topological polar surface area (TPSA) is 76.0 Å². The molecule has 0 radical (unpaired) electrons. The van der Waals surface area contributed by atoms with Gasteiger partial charge in [0.2, 0.25) is 11.8 Å². The fraction of sp³-hybridized carbons (Fsp3) is 0.450. The number of nitrogens with one attached hydrogen (secondary N) is 2. The number of hydrogen-bond donors (Lipinski definition) is 2. The summed E-state index contributed by atoms with van der Waals surface area (Å²) in [6.45, 7) is 6.09. The molecule has 0 saturated heterocycles. The molecule has 0 aliphatic rings. The van der Waals surface area contributed by atoms with Crippen LogP contribution in [0.5, 0.6) is 0 Å². The Labute approximate surface area is 155 Å². The van der Waals surface area contributed by atoms with E-state index in [2.05, 4.69) is 15.6 Å². The minimum atomic E-state index is -0.418. The maximum atomic E-state index is 12.4. The molecule has 2 amide bonds. The zero-order valence-corrected chi connectivity index (χ0v) is 16.0. The molecule has 0 saturated carbocycles. The molecule has 1 heterocycles. The summed E-state index contributed by atoms with van der Waals surface area (Å²) in [6.07, 6.45) is 4.52. The molecule has 0 aliphatic heterocycles. The molecule has 2 rings (SSSR count). The zero-order chi connectivity index (χ0) is 19.2. The molecule has 0 spiro atoms. The summed E-state index contributed by atoms with van der Waals surface area (Å²) in [5.74, 6) is 0.713. The van der Waals surface area contributed by atoms with Crippen molar-refractivity contribution in [2.45, 2.75) is 39.7 Å². The molecule has 1 aromatic heterocycles. The van der Waals surface area contributed by atoms with Crippen LogP contribution in [0.2, 0.25) is 0 Å². The van der Waals surface area contributed by atoms with E-state index in [4.69, 9.17) is 0 Å². The van der Waals surface area contributed by atoms with Crippen LogP contribution in [0.15, 0.2) is 42.7 Å². The van der Waals surface area contributed by atoms with Gasteiger partial charge in [-0.3, -0.25) is 9.59 Å². The van der Waals surface area contributed by atoms with E-state index >= 15 is 0 Å². The van der Waals surface area contributed by atoms with Gasteiger partial charge in [0.1, 0.15) is 11.9 Å². The molecule has 0 unspecified atom stereocenters. The Morgan fingerprint density at radius 2 is 1.88 bits per heavy atom. The molecule has 26 heavy (non-hydrogen) atoms. The van der Waals surface area contributed by atoms with Crippen LogP contribution in [0.25, 0.3) is 0 Å². The van der Waals surface area contributed by atoms with Gasteiger partial charge in [0.15, 0.2) is 0 Å². The minimum Gasteiger partial charge on any atom is -0.356 e. The van der Waals surface area contributed by atoms with Crippen molar-refractivity contribution in [2.24, 2.45) is 12.5 Å². The molecule has 2 N–H and O–H groups in total. The number of carbonyl (C=O) groups is 2. The van der Waals surface area contributed by atoms with E-state index in [0.29, 0.717) is 19.4 Å². The van der Waals surface area contributed by atoms with Gasteiger partial charge in [0.25, 0.3) is 0 Å². The second-order valence-electron chi connectivity index (χ2n) is 7.42. The third-order valence-corrected chi connectivity index (χ3v) is 4.10. The predicted octanol–water partition coefficient (Wildman–Crippen LogP) is 2.57. The molecule has 1 atom stereocenters. The molecular formula is C20H28N4O2. The standard InChI is InChI=1S/C20H28N4O2/c1-20(2,3)19(26)22-12-8-11-16(25)23-17(15-9-6-5-7-10-15)18-21-13-14-24(18)4/h5-7,9-10,13-14,17H,8,11-12H2,1-4H3,(H,22,26)(H,23,25)/t17-/m1/s1. The Hall–Kier alpha value is -2.63. The van der Waals surface area contributed by atoms with Crippen LogP contribution in [-0.2, 0) is 16.6 Å². The number of imidazole rings is 1. The van der Waals surface area contributed by atoms with Gasteiger partial charge in [-0.15, -0.1) is 0 Å². The lowest BCUT2D eigenvalue weighted by atomic mass is 9.96. The van der Waals surface area contributed by atoms with E-state index in [0.717, 1.165) is 11.4 Å². The predicted molar refractivity (Wildman–Crippen MR) is 101 cm³/mol. The first-order valence-electron chi connectivity index (χ1n) is 8.89. The van der Waals surface area contributed by atoms with Gasteiger partial charge in [-0.05, 0) is 12.0 Å². The number of nitrogens with zero attached hydrogens (tertiary/aromatic N) is 2. The van der Waals surface area contributed by atoms with Crippen molar-refractivity contribution < 1.29 is 9.59 Å². The second kappa shape index (κ2) is 8.65. The summed E-state index contributed by atoms with van der Waals surface area (Å²) >= 11 is 0. The van der Waals surface area contributed by atoms with E-state index in [9.17, 15) is 9.59 Å². The van der Waals surface area contributed by atoms with E-state index in [1.54, 1.807) is 6.20 Å². The first-order valence-corrected chi connectivity index (χ1v) is 8.89. The third-order valence-electron chi connectivity index (χ3n) is 4.10. The van der Waals surface area contributed by atoms with Gasteiger partial charge in [0, 0.05) is 37.8 Å². The van der Waals surface area contributed by atoms with Gasteiger partial charge in [-0.1, -0.05) is 51.1 Å². The monoisotopic (exact) mass is 356 g/mol. The summed E-state index contributed by atoms with van der Waals surface area (Å²) in [5, 5.41) is 5.92. The lowest BCUT2D eigenvalue weighted by Crippen LogP contribution is -2.36. The first-order chi connectivity index (χ1) is 12.3. The van der Waals surface area contributed by atoms with Gasteiger partial charge in [0.05, 0.1) is 0 Å². The fourth-order valence-corrected chi connectivity index (χ4v) is 2.55. The first kappa shape index (κ1) is 19.7. The van der Waals surface area contributed by atoms with Gasteiger partial charge in [-0.2, -0.15) is 0 Å². The van der Waals surface area contributed by atoms with Crippen molar-refractivity contribution in [1.29, 1.82) is 0 Å². The Morgan fingerprint density at radius 3 is 2.46 bits per heavy atom. The van der Waals surface area contributed by atoms with Crippen LogP contribution in [0.4, 0.5) is 0 Å². The number of hydrogen-bond acceptors (Lipinski definition) is 3. The van der Waals surface area contributed by atoms with Crippen LogP contribution < -0.4 is 10.6 Å². The van der Waals surface area contributed by atoms with Crippen LogP contribution in [0.1, 0.15) is 51.0 Å². The number of amides is 2. The quantitative estimate of drug-likeness (QED) is 0.749. The number of aromatic nitrogens is 2. The van der Waals surface area contributed by atoms with Crippen LogP contribution >= 0.6 is 0 Å². The van der Waals surface area contributed by atoms with Gasteiger partial charge in [-0.25, -0.2) is 4.98 Å².